The Morgan fingerprint density at radius 2 is 1.96 bits per heavy atom. The van der Waals surface area contributed by atoms with E-state index in [1.807, 2.05) is 24.0 Å². The van der Waals surface area contributed by atoms with Crippen LogP contribution in [0.15, 0.2) is 23.7 Å². The topological polar surface area (TPSA) is 83.9 Å². The lowest BCUT2D eigenvalue weighted by Gasteiger charge is -2.19. The predicted octanol–water partition coefficient (Wildman–Crippen LogP) is 2.51. The van der Waals surface area contributed by atoms with Crippen molar-refractivity contribution in [1.82, 2.24) is 24.6 Å². The molecule has 8 heteroatoms. The Balaban J connectivity index is 2.17. The van der Waals surface area contributed by atoms with E-state index in [4.69, 9.17) is 0 Å². The molecule has 7 nitrogen and oxygen atoms in total. The number of aromatic amines is 1. The van der Waals surface area contributed by atoms with Crippen LogP contribution in [0.2, 0.25) is 0 Å². The van der Waals surface area contributed by atoms with Crippen LogP contribution in [-0.2, 0) is 29.3 Å². The van der Waals surface area contributed by atoms with Crippen LogP contribution >= 0.6 is 0 Å². The maximum absolute atomic E-state index is 12.7. The van der Waals surface area contributed by atoms with Crippen molar-refractivity contribution in [2.45, 2.75) is 64.0 Å². The first-order valence-electron chi connectivity index (χ1n) is 9.16. The van der Waals surface area contributed by atoms with Crippen LogP contribution in [0, 0.1) is 5.92 Å². The zero-order valence-corrected chi connectivity index (χ0v) is 17.3. The summed E-state index contributed by atoms with van der Waals surface area (Å²) in [6.45, 7) is 9.89. The van der Waals surface area contributed by atoms with Crippen molar-refractivity contribution in [3.63, 3.8) is 0 Å². The summed E-state index contributed by atoms with van der Waals surface area (Å²) in [5.41, 5.74) is 2.10. The second kappa shape index (κ2) is 8.81. The Labute approximate surface area is 156 Å². The lowest BCUT2D eigenvalue weighted by atomic mass is 10.1. The summed E-state index contributed by atoms with van der Waals surface area (Å²) in [5.74, 6) is 0.499. The smallest absolute Gasteiger partial charge is 0.228 e. The third-order valence-electron chi connectivity index (χ3n) is 4.48. The van der Waals surface area contributed by atoms with Crippen molar-refractivity contribution in [2.24, 2.45) is 5.92 Å². The molecule has 26 heavy (non-hydrogen) atoms. The summed E-state index contributed by atoms with van der Waals surface area (Å²) in [4.78, 5) is 6.47. The number of hydrogen-bond donors (Lipinski definition) is 1. The minimum atomic E-state index is -3.40. The lowest BCUT2D eigenvalue weighted by molar-refractivity contribution is 0.317. The van der Waals surface area contributed by atoms with Crippen molar-refractivity contribution < 1.29 is 8.42 Å². The molecule has 0 spiro atoms. The summed E-state index contributed by atoms with van der Waals surface area (Å²) >= 11 is 0. The van der Waals surface area contributed by atoms with Crippen LogP contribution < -0.4 is 0 Å². The normalized spacial score (nSPS) is 12.6. The standard InChI is InChI=1S/C18H31N5O2S/c1-14(2)6-9-23-17(12-19-18(23)26(24,25)15(3)4)13-22(5)8-7-16-10-20-21-11-16/h10-12,14-15H,6-9,13H2,1-5H3,(H,20,21). The molecule has 2 heterocycles. The molecule has 0 unspecified atom stereocenters. The SMILES string of the molecule is CC(C)CCn1c(CN(C)CCc2cn[nH]c2)cnc1S(=O)(=O)C(C)C. The highest BCUT2D eigenvalue weighted by molar-refractivity contribution is 7.91. The fourth-order valence-corrected chi connectivity index (χ4v) is 3.81. The monoisotopic (exact) mass is 381 g/mol. The van der Waals surface area contributed by atoms with Gasteiger partial charge in [0.1, 0.15) is 0 Å². The van der Waals surface area contributed by atoms with E-state index < -0.39 is 15.1 Å². The highest BCUT2D eigenvalue weighted by atomic mass is 32.2. The zero-order chi connectivity index (χ0) is 19.3. The number of imidazole rings is 1. The van der Waals surface area contributed by atoms with Gasteiger partial charge in [-0.2, -0.15) is 5.10 Å². The number of nitrogens with zero attached hydrogens (tertiary/aromatic N) is 4. The molecule has 0 aliphatic carbocycles. The Kier molecular flexibility index (Phi) is 7.00. The molecule has 2 aromatic heterocycles. The summed E-state index contributed by atoms with van der Waals surface area (Å²) in [6.07, 6.45) is 7.25. The number of likely N-dealkylation sites (N-methyl/N-ethyl adjacent to an activating group) is 1. The van der Waals surface area contributed by atoms with Gasteiger partial charge >= 0.3 is 0 Å². The van der Waals surface area contributed by atoms with Crippen LogP contribution in [0.25, 0.3) is 0 Å². The summed E-state index contributed by atoms with van der Waals surface area (Å²) in [6, 6.07) is 0. The summed E-state index contributed by atoms with van der Waals surface area (Å²) in [5, 5.41) is 6.51. The van der Waals surface area contributed by atoms with Gasteiger partial charge in [0.2, 0.25) is 15.0 Å². The fourth-order valence-electron chi connectivity index (χ4n) is 2.67. The average molecular weight is 382 g/mol. The van der Waals surface area contributed by atoms with Crippen molar-refractivity contribution in [1.29, 1.82) is 0 Å². The van der Waals surface area contributed by atoms with Crippen molar-refractivity contribution in [2.75, 3.05) is 13.6 Å². The number of H-pyrrole nitrogens is 1. The van der Waals surface area contributed by atoms with Crippen molar-refractivity contribution >= 4 is 9.84 Å². The van der Waals surface area contributed by atoms with Gasteiger partial charge in [0.05, 0.1) is 23.3 Å². The number of hydrogen-bond acceptors (Lipinski definition) is 5. The third kappa shape index (κ3) is 5.17. The Morgan fingerprint density at radius 3 is 2.54 bits per heavy atom. The van der Waals surface area contributed by atoms with Gasteiger partial charge < -0.3 is 9.47 Å². The second-order valence-corrected chi connectivity index (χ2v) is 9.95. The Hall–Kier alpha value is -1.67. The Morgan fingerprint density at radius 1 is 1.23 bits per heavy atom. The van der Waals surface area contributed by atoms with Crippen LogP contribution in [0.3, 0.4) is 0 Å². The van der Waals surface area contributed by atoms with E-state index in [9.17, 15) is 8.42 Å². The largest absolute Gasteiger partial charge is 0.318 e. The molecule has 2 aromatic rings. The van der Waals surface area contributed by atoms with Gasteiger partial charge in [0.25, 0.3) is 0 Å². The molecule has 0 atom stereocenters. The number of sulfone groups is 1. The number of nitrogens with one attached hydrogen (secondary N) is 1. The molecular weight excluding hydrogens is 350 g/mol. The number of aromatic nitrogens is 4. The highest BCUT2D eigenvalue weighted by Crippen LogP contribution is 2.19. The maximum Gasteiger partial charge on any atom is 0.228 e. The molecule has 1 N–H and O–H groups in total. The van der Waals surface area contributed by atoms with Crippen LogP contribution in [0.5, 0.6) is 0 Å². The lowest BCUT2D eigenvalue weighted by Crippen LogP contribution is -2.25. The Bertz CT molecular complexity index is 779. The first-order valence-corrected chi connectivity index (χ1v) is 10.7. The summed E-state index contributed by atoms with van der Waals surface area (Å²) < 4.78 is 27.2. The van der Waals surface area contributed by atoms with Gasteiger partial charge in [0.15, 0.2) is 0 Å². The third-order valence-corrected chi connectivity index (χ3v) is 6.55. The van der Waals surface area contributed by atoms with Crippen LogP contribution in [0.1, 0.15) is 45.4 Å². The van der Waals surface area contributed by atoms with E-state index in [0.29, 0.717) is 19.0 Å². The molecule has 0 radical (unpaired) electrons. The van der Waals surface area contributed by atoms with E-state index in [-0.39, 0.29) is 5.16 Å². The van der Waals surface area contributed by atoms with Crippen LogP contribution in [0.4, 0.5) is 0 Å². The second-order valence-electron chi connectivity index (χ2n) is 7.55. The minimum absolute atomic E-state index is 0.200. The van der Waals surface area contributed by atoms with Gasteiger partial charge in [-0.05, 0) is 45.2 Å². The van der Waals surface area contributed by atoms with Crippen molar-refractivity contribution in [3.05, 3.63) is 29.8 Å². The maximum atomic E-state index is 12.7. The number of rotatable bonds is 10. The molecule has 2 rings (SSSR count). The summed E-state index contributed by atoms with van der Waals surface area (Å²) in [7, 11) is -1.36. The quantitative estimate of drug-likeness (QED) is 0.684. The fraction of sp³-hybridized carbons (Fsp3) is 0.667. The van der Waals surface area contributed by atoms with E-state index in [1.54, 1.807) is 20.0 Å². The van der Waals surface area contributed by atoms with E-state index >= 15 is 0 Å². The molecule has 0 saturated heterocycles. The highest BCUT2D eigenvalue weighted by Gasteiger charge is 2.26. The van der Waals surface area contributed by atoms with Crippen LogP contribution in [-0.4, -0.2) is 51.9 Å². The first-order chi connectivity index (χ1) is 12.2. The van der Waals surface area contributed by atoms with Gasteiger partial charge in [-0.15, -0.1) is 0 Å². The molecule has 0 aliphatic heterocycles. The van der Waals surface area contributed by atoms with E-state index in [0.717, 1.165) is 30.6 Å². The van der Waals surface area contributed by atoms with Gasteiger partial charge in [-0.25, -0.2) is 13.4 Å². The average Bonchev–Trinajstić information content (AvgIpc) is 3.20. The minimum Gasteiger partial charge on any atom is -0.318 e. The molecule has 0 aromatic carbocycles. The molecule has 0 fully saturated rings. The van der Waals surface area contributed by atoms with Crippen molar-refractivity contribution in [3.8, 4) is 0 Å². The van der Waals surface area contributed by atoms with E-state index in [1.165, 1.54) is 0 Å². The molecule has 0 bridgehead atoms. The predicted molar refractivity (Wildman–Crippen MR) is 103 cm³/mol. The van der Waals surface area contributed by atoms with E-state index in [2.05, 4.69) is 33.9 Å². The molecular formula is C18H31N5O2S. The van der Waals surface area contributed by atoms with Gasteiger partial charge in [-0.1, -0.05) is 13.8 Å². The zero-order valence-electron chi connectivity index (χ0n) is 16.4. The first kappa shape index (κ1) is 20.6. The molecule has 146 valence electrons. The molecule has 0 saturated carbocycles. The molecule has 0 aliphatic rings. The van der Waals surface area contributed by atoms with Gasteiger partial charge in [-0.3, -0.25) is 5.10 Å². The molecule has 0 amide bonds. The van der Waals surface area contributed by atoms with Gasteiger partial charge in [0, 0.05) is 25.8 Å².